The van der Waals surface area contributed by atoms with Gasteiger partial charge in [0.2, 0.25) is 0 Å². The van der Waals surface area contributed by atoms with E-state index in [0.29, 0.717) is 141 Å². The normalized spacial score (nSPS) is 14.3. The molecule has 12 heterocycles. The van der Waals surface area contributed by atoms with Crippen LogP contribution in [0, 0.1) is 51.0 Å². The number of fused-ring (bicyclic) bond motifs is 4. The number of carboxylic acids is 1. The Morgan fingerprint density at radius 1 is 0.454 bits per heavy atom. The fourth-order valence-electron chi connectivity index (χ4n) is 15.7. The number of halogens is 4. The van der Waals surface area contributed by atoms with Crippen molar-refractivity contribution in [3.05, 3.63) is 185 Å². The minimum Gasteiger partial charge on any atom is -0.490 e. The lowest BCUT2D eigenvalue weighted by atomic mass is 9.89. The van der Waals surface area contributed by atoms with Crippen LogP contribution in [0.15, 0.2) is 94.3 Å². The van der Waals surface area contributed by atoms with Crippen LogP contribution in [0.25, 0.3) is 86.8 Å². The van der Waals surface area contributed by atoms with Crippen molar-refractivity contribution < 1.29 is 84.8 Å². The molecular formula is C89H94F4N8O14S4. The quantitative estimate of drug-likeness (QED) is 0.0488. The van der Waals surface area contributed by atoms with Gasteiger partial charge in [-0.2, -0.15) is 20.4 Å². The molecule has 30 heteroatoms. The Labute approximate surface area is 702 Å². The highest BCUT2D eigenvalue weighted by Crippen LogP contribution is 2.51. The molecule has 0 radical (unpaired) electrons. The maximum Gasteiger partial charge on any atom is 0.341 e. The molecule has 4 aliphatic heterocycles. The number of aliphatic hydroxyl groups is 1. The molecule has 2 N–H and O–H groups in total. The van der Waals surface area contributed by atoms with E-state index in [1.807, 2.05) is 119 Å². The smallest absolute Gasteiger partial charge is 0.341 e. The molecule has 4 aromatic carbocycles. The molecule has 0 aliphatic carbocycles. The standard InChI is InChI=1S/C25H29FN2O4S.C24H27FN2O4S.C21H21FN2O4S.C19H17FN2O2S/c1-14-15-9-7-11-31-22(15)17(26)13-16(14)19-20(18-10-8-12-33-18)27-28(5)21(19)23(24(29)30-6)32-25(2,3)4;1-13-14-8-6-10-30-21(14)16(25)12-15(13)18-19(17-9-7-11-32-17)26-27(5)20(18)22(23(28)29)31-24(2,3)4;1-11-12-6-4-8-28-20(12)14(22)10-13(11)16-17(15-7-5-9-29-15)23-24(2)18(16)19(25)21(26)27-3;1-11-12-5-3-7-24-19(12)14(20)9-13(11)17-15(10-23)22(2)21-18(17)16-6-4-8-25-16/h8,10,12-13,23H,7,9,11H2,1-6H3;7,9,11-12,22H,6,8,10H2,1-5H3,(H,28,29);5,7,9-10,19,25H,4,6,8H2,1-3H3;4,6,8-10H,3,5,7H2,1-2H3. The third kappa shape index (κ3) is 17.5. The number of methoxy groups -OCH3 is 2. The van der Waals surface area contributed by atoms with Crippen LogP contribution < -0.4 is 18.9 Å². The van der Waals surface area contributed by atoms with Crippen molar-refractivity contribution >= 4 is 69.5 Å². The molecule has 626 valence electrons. The van der Waals surface area contributed by atoms with E-state index in [1.165, 1.54) is 77.2 Å². The van der Waals surface area contributed by atoms with E-state index in [-0.39, 0.29) is 17.3 Å². The Bertz CT molecular complexity index is 5770. The highest BCUT2D eigenvalue weighted by Gasteiger charge is 2.40. The van der Waals surface area contributed by atoms with Gasteiger partial charge in [0.25, 0.3) is 0 Å². The van der Waals surface area contributed by atoms with Gasteiger partial charge in [-0.15, -0.1) is 45.3 Å². The van der Waals surface area contributed by atoms with E-state index < -0.39 is 64.9 Å². The van der Waals surface area contributed by atoms with E-state index in [9.17, 15) is 38.2 Å². The molecule has 16 rings (SSSR count). The molecule has 0 fully saturated rings. The number of carbonyl (C=O) groups excluding carboxylic acids is 3. The van der Waals surface area contributed by atoms with Gasteiger partial charge >= 0.3 is 17.9 Å². The van der Waals surface area contributed by atoms with Crippen LogP contribution in [0.3, 0.4) is 0 Å². The monoisotopic (exact) mass is 1700 g/mol. The van der Waals surface area contributed by atoms with E-state index >= 15 is 8.78 Å². The van der Waals surface area contributed by atoms with Gasteiger partial charge in [0, 0.05) is 72.7 Å². The zero-order valence-corrected chi connectivity index (χ0v) is 72.3. The van der Waals surface area contributed by atoms with Crippen molar-refractivity contribution in [2.45, 2.75) is 150 Å². The zero-order valence-electron chi connectivity index (χ0n) is 69.0. The van der Waals surface area contributed by atoms with Gasteiger partial charge in [-0.3, -0.25) is 23.5 Å². The highest BCUT2D eigenvalue weighted by molar-refractivity contribution is 7.14. The van der Waals surface area contributed by atoms with Crippen LogP contribution in [0.2, 0.25) is 0 Å². The minimum atomic E-state index is -1.55. The second-order valence-corrected chi connectivity index (χ2v) is 34.9. The molecule has 12 aromatic rings. The number of aliphatic carboxylic acids is 1. The van der Waals surface area contributed by atoms with E-state index in [1.54, 1.807) is 74.3 Å². The number of rotatable bonds is 17. The van der Waals surface area contributed by atoms with E-state index in [2.05, 4.69) is 15.3 Å². The Kier molecular flexibility index (Phi) is 25.9. The van der Waals surface area contributed by atoms with Gasteiger partial charge in [0.1, 0.15) is 28.5 Å². The summed E-state index contributed by atoms with van der Waals surface area (Å²) in [7, 11) is 9.39. The van der Waals surface area contributed by atoms with Gasteiger partial charge < -0.3 is 48.1 Å². The maximum atomic E-state index is 15.2. The number of ether oxygens (including phenoxy) is 8. The van der Waals surface area contributed by atoms with E-state index in [4.69, 9.17) is 43.0 Å². The fraction of sp³-hybridized carbons (Fsp3) is 0.371. The van der Waals surface area contributed by atoms with Crippen molar-refractivity contribution in [3.8, 4) is 110 Å². The molecule has 22 nitrogen and oxygen atoms in total. The van der Waals surface area contributed by atoms with Crippen molar-refractivity contribution in [1.82, 2.24) is 39.1 Å². The average Bonchev–Trinajstić information content (AvgIpc) is 1.72. The first-order valence-electron chi connectivity index (χ1n) is 38.9. The summed E-state index contributed by atoms with van der Waals surface area (Å²) in [5.74, 6) is -2.91. The number of aliphatic hydroxyl groups excluding tert-OH is 1. The number of nitrogens with zero attached hydrogens (tertiary/aromatic N) is 8. The van der Waals surface area contributed by atoms with Crippen LogP contribution in [0.1, 0.15) is 158 Å². The summed E-state index contributed by atoms with van der Waals surface area (Å²) in [6, 6.07) is 21.2. The second-order valence-electron chi connectivity index (χ2n) is 31.1. The highest BCUT2D eigenvalue weighted by atomic mass is 32.1. The SMILES string of the molecule is COC(=O)C(O)c1c(-c2cc(F)c3c(c2C)CCCO3)c(-c2cccs2)nn1C.COC(=O)C(OC(C)(C)C)c1c(-c2cc(F)c3c(c2C)CCCO3)c(-c2cccs2)nn1C.Cc1c(-c2c(-c3cccs3)nn(C)c2C(OC(C)(C)C)C(=O)O)cc(F)c2c1CCCO2.Cc1c(-c2c(-c3cccs3)nn(C)c2C=O)cc(F)c2c1CCCO2. The predicted molar refractivity (Wildman–Crippen MR) is 451 cm³/mol. The summed E-state index contributed by atoms with van der Waals surface area (Å²) >= 11 is 6.06. The molecule has 0 bridgehead atoms. The average molecular weight is 1700 g/mol. The molecule has 4 aliphatic rings. The third-order valence-electron chi connectivity index (χ3n) is 21.1. The first-order valence-corrected chi connectivity index (χ1v) is 42.4. The molecule has 3 unspecified atom stereocenters. The summed E-state index contributed by atoms with van der Waals surface area (Å²) in [4.78, 5) is 52.7. The summed E-state index contributed by atoms with van der Waals surface area (Å²) < 4.78 is 111. The van der Waals surface area contributed by atoms with Gasteiger partial charge in [-0.05, 0) is 235 Å². The number of carbonyl (C=O) groups is 4. The number of carboxylic acid groups (broad SMARTS) is 1. The number of aromatic nitrogens is 8. The maximum absolute atomic E-state index is 15.2. The first kappa shape index (κ1) is 86.3. The fourth-order valence-corrected chi connectivity index (χ4v) is 18.6. The Morgan fingerprint density at radius 3 is 1.03 bits per heavy atom. The Morgan fingerprint density at radius 2 is 0.739 bits per heavy atom. The van der Waals surface area contributed by atoms with Gasteiger partial charge in [0.05, 0.1) is 88.4 Å². The van der Waals surface area contributed by atoms with Crippen molar-refractivity contribution in [2.24, 2.45) is 28.2 Å². The summed E-state index contributed by atoms with van der Waals surface area (Å²) in [6.45, 7) is 20.8. The minimum absolute atomic E-state index is 0.263. The molecule has 0 saturated heterocycles. The van der Waals surface area contributed by atoms with Crippen LogP contribution in [-0.2, 0) is 87.2 Å². The number of benzene rings is 4. The summed E-state index contributed by atoms with van der Waals surface area (Å²) in [5.41, 5.74) is 14.9. The molecule has 0 spiro atoms. The zero-order chi connectivity index (χ0) is 85.4. The van der Waals surface area contributed by atoms with Crippen LogP contribution >= 0.6 is 45.3 Å². The Balaban J connectivity index is 0.000000138. The molecule has 119 heavy (non-hydrogen) atoms. The van der Waals surface area contributed by atoms with Gasteiger partial charge in [0.15, 0.2) is 70.9 Å². The van der Waals surface area contributed by atoms with Crippen molar-refractivity contribution in [2.75, 3.05) is 40.6 Å². The third-order valence-corrected chi connectivity index (χ3v) is 24.6. The number of aryl methyl sites for hydroxylation is 4. The lowest BCUT2D eigenvalue weighted by Gasteiger charge is -2.27. The number of hydrogen-bond acceptors (Lipinski definition) is 21. The second kappa shape index (κ2) is 35.8. The lowest BCUT2D eigenvalue weighted by Crippen LogP contribution is -2.30. The number of hydrogen-bond donors (Lipinski definition) is 2. The Hall–Kier alpha value is -10.6. The van der Waals surface area contributed by atoms with Gasteiger partial charge in [-0.25, -0.2) is 31.9 Å². The van der Waals surface area contributed by atoms with Crippen molar-refractivity contribution in [3.63, 3.8) is 0 Å². The molecule has 3 atom stereocenters. The number of thiophene rings is 4. The number of esters is 2. The van der Waals surface area contributed by atoms with Crippen molar-refractivity contribution in [1.29, 1.82) is 0 Å². The molecular weight excluding hydrogens is 1610 g/mol. The van der Waals surface area contributed by atoms with Crippen LogP contribution in [0.4, 0.5) is 17.6 Å². The van der Waals surface area contributed by atoms with E-state index in [0.717, 1.165) is 109 Å². The number of aldehydes is 1. The first-order chi connectivity index (χ1) is 56.7. The molecule has 8 aromatic heterocycles. The largest absolute Gasteiger partial charge is 0.490 e. The molecule has 0 saturated carbocycles. The lowest BCUT2D eigenvalue weighted by molar-refractivity contribution is -0.165. The molecule has 0 amide bonds. The topological polar surface area (TPSA) is 254 Å². The summed E-state index contributed by atoms with van der Waals surface area (Å²) in [6.07, 6.45) is 3.14. The summed E-state index contributed by atoms with van der Waals surface area (Å²) in [5, 5.41) is 47.0. The predicted octanol–water partition coefficient (Wildman–Crippen LogP) is 19.3. The van der Waals surface area contributed by atoms with Crippen LogP contribution in [0.5, 0.6) is 23.0 Å². The van der Waals surface area contributed by atoms with Crippen LogP contribution in [-0.4, -0.2) is 125 Å². The van der Waals surface area contributed by atoms with Gasteiger partial charge in [-0.1, -0.05) is 24.3 Å².